The summed E-state index contributed by atoms with van der Waals surface area (Å²) < 4.78 is 5.57. The van der Waals surface area contributed by atoms with E-state index >= 15 is 0 Å². The molecule has 1 aromatic carbocycles. The van der Waals surface area contributed by atoms with E-state index in [1.807, 2.05) is 12.1 Å². The number of benzene rings is 1. The Morgan fingerprint density at radius 2 is 1.96 bits per heavy atom. The number of nitrogens with two attached hydrogens (primary N) is 1. The third kappa shape index (κ3) is 3.85. The van der Waals surface area contributed by atoms with E-state index in [0.29, 0.717) is 17.8 Å². The molecule has 0 unspecified atom stereocenters. The molecule has 3 N–H and O–H groups in total. The topological polar surface area (TPSA) is 67.6 Å². The van der Waals surface area contributed by atoms with Gasteiger partial charge in [0.2, 0.25) is 0 Å². The highest BCUT2D eigenvalue weighted by Crippen LogP contribution is 2.30. The lowest BCUT2D eigenvalue weighted by Gasteiger charge is -2.48. The van der Waals surface area contributed by atoms with Crippen molar-refractivity contribution >= 4 is 11.6 Å². The van der Waals surface area contributed by atoms with E-state index in [-0.39, 0.29) is 11.4 Å². The van der Waals surface area contributed by atoms with Crippen molar-refractivity contribution in [2.24, 2.45) is 0 Å². The van der Waals surface area contributed by atoms with E-state index in [1.165, 1.54) is 19.3 Å². The standard InChI is InChI=1S/C18H27N3O2/c19-16-6-4-5-15(13-16)17(22)20-14-18(7-11-23-12-8-18)21-9-2-1-3-10-21/h4-6,13H,1-3,7-12,14,19H2,(H,20,22). The summed E-state index contributed by atoms with van der Waals surface area (Å²) in [5.74, 6) is -0.0415. The van der Waals surface area contributed by atoms with Gasteiger partial charge in [-0.25, -0.2) is 0 Å². The Labute approximate surface area is 138 Å². The molecule has 0 radical (unpaired) electrons. The molecule has 2 aliphatic rings. The number of carbonyl (C=O) groups excluding carboxylic acids is 1. The lowest BCUT2D eigenvalue weighted by Crippen LogP contribution is -2.59. The number of hydrogen-bond donors (Lipinski definition) is 2. The third-order valence-corrected chi connectivity index (χ3v) is 5.18. The minimum Gasteiger partial charge on any atom is -0.399 e. The SMILES string of the molecule is Nc1cccc(C(=O)NCC2(N3CCCCC3)CCOCC2)c1. The van der Waals surface area contributed by atoms with E-state index in [2.05, 4.69) is 10.2 Å². The van der Waals surface area contributed by atoms with Crippen LogP contribution in [0.5, 0.6) is 0 Å². The Balaban J connectivity index is 1.67. The average molecular weight is 317 g/mol. The van der Waals surface area contributed by atoms with Gasteiger partial charge in [-0.05, 0) is 57.0 Å². The van der Waals surface area contributed by atoms with Gasteiger partial charge in [-0.15, -0.1) is 0 Å². The van der Waals surface area contributed by atoms with E-state index < -0.39 is 0 Å². The van der Waals surface area contributed by atoms with Gasteiger partial charge in [0.1, 0.15) is 0 Å². The second kappa shape index (κ2) is 7.32. The summed E-state index contributed by atoms with van der Waals surface area (Å²) in [6.45, 7) is 4.52. The summed E-state index contributed by atoms with van der Waals surface area (Å²) in [6.07, 6.45) is 5.81. The molecule has 0 bridgehead atoms. The highest BCUT2D eigenvalue weighted by atomic mass is 16.5. The van der Waals surface area contributed by atoms with Crippen molar-refractivity contribution in [3.63, 3.8) is 0 Å². The Morgan fingerprint density at radius 3 is 2.65 bits per heavy atom. The molecule has 0 aromatic heterocycles. The van der Waals surface area contributed by atoms with Crippen LogP contribution in [0.4, 0.5) is 5.69 Å². The molecular weight excluding hydrogens is 290 g/mol. The van der Waals surface area contributed by atoms with Crippen molar-refractivity contribution in [2.75, 3.05) is 38.6 Å². The number of amides is 1. The number of carbonyl (C=O) groups is 1. The third-order valence-electron chi connectivity index (χ3n) is 5.18. The first kappa shape index (κ1) is 16.3. The lowest BCUT2D eigenvalue weighted by atomic mass is 9.86. The molecule has 0 saturated carbocycles. The highest BCUT2D eigenvalue weighted by molar-refractivity contribution is 5.95. The molecule has 1 amide bonds. The number of nitrogens with zero attached hydrogens (tertiary/aromatic N) is 1. The number of hydrogen-bond acceptors (Lipinski definition) is 4. The van der Waals surface area contributed by atoms with E-state index in [9.17, 15) is 4.79 Å². The number of rotatable bonds is 4. The summed E-state index contributed by atoms with van der Waals surface area (Å²) in [5.41, 5.74) is 7.07. The molecule has 2 saturated heterocycles. The van der Waals surface area contributed by atoms with E-state index in [0.717, 1.165) is 39.1 Å². The minimum atomic E-state index is -0.0415. The number of nitrogen functional groups attached to an aromatic ring is 1. The van der Waals surface area contributed by atoms with Crippen LogP contribution in [0.2, 0.25) is 0 Å². The molecule has 0 spiro atoms. The second-order valence-electron chi connectivity index (χ2n) is 6.69. The van der Waals surface area contributed by atoms with Crippen LogP contribution >= 0.6 is 0 Å². The zero-order valence-corrected chi connectivity index (χ0v) is 13.7. The van der Waals surface area contributed by atoms with Crippen LogP contribution in [0.1, 0.15) is 42.5 Å². The number of nitrogens with one attached hydrogen (secondary N) is 1. The predicted molar refractivity (Wildman–Crippen MR) is 91.4 cm³/mol. The molecule has 0 atom stereocenters. The number of likely N-dealkylation sites (tertiary alicyclic amines) is 1. The zero-order valence-electron chi connectivity index (χ0n) is 13.7. The number of anilines is 1. The van der Waals surface area contributed by atoms with E-state index in [1.54, 1.807) is 12.1 Å². The first-order valence-electron chi connectivity index (χ1n) is 8.66. The Kier molecular flexibility index (Phi) is 5.18. The first-order chi connectivity index (χ1) is 11.2. The van der Waals surface area contributed by atoms with Crippen molar-refractivity contribution in [1.29, 1.82) is 0 Å². The Morgan fingerprint density at radius 1 is 1.22 bits per heavy atom. The lowest BCUT2D eigenvalue weighted by molar-refractivity contribution is -0.0349. The predicted octanol–water partition coefficient (Wildman–Crippen LogP) is 2.03. The number of ether oxygens (including phenoxy) is 1. The number of piperidine rings is 1. The monoisotopic (exact) mass is 317 g/mol. The van der Waals surface area contributed by atoms with Gasteiger partial charge in [0.15, 0.2) is 0 Å². The highest BCUT2D eigenvalue weighted by Gasteiger charge is 2.39. The van der Waals surface area contributed by atoms with Crippen molar-refractivity contribution in [3.8, 4) is 0 Å². The van der Waals surface area contributed by atoms with Crippen molar-refractivity contribution in [1.82, 2.24) is 10.2 Å². The molecule has 5 nitrogen and oxygen atoms in total. The average Bonchev–Trinajstić information content (AvgIpc) is 2.61. The smallest absolute Gasteiger partial charge is 0.251 e. The molecule has 0 aliphatic carbocycles. The van der Waals surface area contributed by atoms with Crippen LogP contribution < -0.4 is 11.1 Å². The van der Waals surface area contributed by atoms with Crippen LogP contribution in [0.25, 0.3) is 0 Å². The largest absolute Gasteiger partial charge is 0.399 e. The summed E-state index contributed by atoms with van der Waals surface area (Å²) in [5, 5.41) is 3.14. The maximum Gasteiger partial charge on any atom is 0.251 e. The van der Waals surface area contributed by atoms with Crippen molar-refractivity contribution in [2.45, 2.75) is 37.6 Å². The minimum absolute atomic E-state index is 0.0415. The molecule has 3 rings (SSSR count). The van der Waals surface area contributed by atoms with Gasteiger partial charge in [0.05, 0.1) is 0 Å². The molecule has 126 valence electrons. The zero-order chi connectivity index (χ0) is 16.1. The van der Waals surface area contributed by atoms with Gasteiger partial charge < -0.3 is 15.8 Å². The summed E-state index contributed by atoms with van der Waals surface area (Å²) in [6, 6.07) is 7.15. The van der Waals surface area contributed by atoms with Crippen molar-refractivity contribution in [3.05, 3.63) is 29.8 Å². The normalized spacial score (nSPS) is 21.7. The van der Waals surface area contributed by atoms with Gasteiger partial charge >= 0.3 is 0 Å². The molecule has 2 aliphatic heterocycles. The molecule has 5 heteroatoms. The van der Waals surface area contributed by atoms with Crippen LogP contribution in [0.3, 0.4) is 0 Å². The Hall–Kier alpha value is -1.59. The summed E-state index contributed by atoms with van der Waals surface area (Å²) in [4.78, 5) is 15.0. The summed E-state index contributed by atoms with van der Waals surface area (Å²) in [7, 11) is 0. The Bertz CT molecular complexity index is 535. The van der Waals surface area contributed by atoms with Crippen LogP contribution in [0, 0.1) is 0 Å². The second-order valence-corrected chi connectivity index (χ2v) is 6.69. The van der Waals surface area contributed by atoms with Crippen LogP contribution in [-0.2, 0) is 4.74 Å². The maximum atomic E-state index is 12.4. The molecular formula is C18H27N3O2. The fraction of sp³-hybridized carbons (Fsp3) is 0.611. The van der Waals surface area contributed by atoms with Gasteiger partial charge in [-0.1, -0.05) is 12.5 Å². The van der Waals surface area contributed by atoms with E-state index in [4.69, 9.17) is 10.5 Å². The van der Waals surface area contributed by atoms with Crippen LogP contribution in [-0.4, -0.2) is 49.2 Å². The molecule has 2 heterocycles. The fourth-order valence-corrected chi connectivity index (χ4v) is 3.75. The van der Waals surface area contributed by atoms with Gasteiger partial charge in [-0.2, -0.15) is 0 Å². The van der Waals surface area contributed by atoms with Crippen LogP contribution in [0.15, 0.2) is 24.3 Å². The first-order valence-corrected chi connectivity index (χ1v) is 8.66. The fourth-order valence-electron chi connectivity index (χ4n) is 3.75. The molecule has 2 fully saturated rings. The quantitative estimate of drug-likeness (QED) is 0.834. The van der Waals surface area contributed by atoms with Crippen molar-refractivity contribution < 1.29 is 9.53 Å². The van der Waals surface area contributed by atoms with Gasteiger partial charge in [-0.3, -0.25) is 9.69 Å². The molecule has 1 aromatic rings. The van der Waals surface area contributed by atoms with Gasteiger partial charge in [0.25, 0.3) is 5.91 Å². The summed E-state index contributed by atoms with van der Waals surface area (Å²) >= 11 is 0. The maximum absolute atomic E-state index is 12.4. The molecule has 23 heavy (non-hydrogen) atoms. The van der Waals surface area contributed by atoms with Gasteiger partial charge in [0, 0.05) is 36.5 Å².